The standard InChI is InChI=1S/C24H37N3O3.2C4H4O4/c1-19-4-8-21(9-5-19)25-24(28)11-7-20-6-10-22(23(18-20)29-3)30-17-16-27-14-12-26(2)13-15-27;2*5-3(6)1-2-4(7)8/h6-7,10-11,18-19,21H,4-5,8-9,12-17H2,1-3H3,(H,25,28);2*1-2H,(H,5,6)(H,7,8)/t19-,21-;;. The fourth-order valence-electron chi connectivity index (χ4n) is 4.37. The van der Waals surface area contributed by atoms with Gasteiger partial charge in [0, 0.05) is 69.1 Å². The first-order chi connectivity index (χ1) is 21.8. The lowest BCUT2D eigenvalue weighted by molar-refractivity contribution is -0.134. The average Bonchev–Trinajstić information content (AvgIpc) is 3.01. The molecule has 3 rings (SSSR count). The van der Waals surface area contributed by atoms with E-state index < -0.39 is 23.9 Å². The molecule has 1 saturated heterocycles. The van der Waals surface area contributed by atoms with Crippen LogP contribution in [0.15, 0.2) is 48.6 Å². The second kappa shape index (κ2) is 21.9. The van der Waals surface area contributed by atoms with Gasteiger partial charge in [0.05, 0.1) is 7.11 Å². The van der Waals surface area contributed by atoms with E-state index in [1.807, 2.05) is 24.3 Å². The molecule has 5 N–H and O–H groups in total. The monoisotopic (exact) mass is 647 g/mol. The average molecular weight is 648 g/mol. The molecular formula is C32H45N3O11. The molecule has 0 bridgehead atoms. The number of methoxy groups -OCH3 is 1. The van der Waals surface area contributed by atoms with E-state index in [0.29, 0.717) is 42.7 Å². The Kier molecular flexibility index (Phi) is 18.7. The van der Waals surface area contributed by atoms with Crippen molar-refractivity contribution >= 4 is 35.9 Å². The Morgan fingerprint density at radius 2 is 1.33 bits per heavy atom. The second-order valence-corrected chi connectivity index (χ2v) is 10.7. The summed E-state index contributed by atoms with van der Waals surface area (Å²) in [5.74, 6) is -2.84. The number of hydrogen-bond donors (Lipinski definition) is 5. The van der Waals surface area contributed by atoms with E-state index in [4.69, 9.17) is 29.9 Å². The molecule has 1 aromatic carbocycles. The first-order valence-electron chi connectivity index (χ1n) is 14.8. The van der Waals surface area contributed by atoms with Gasteiger partial charge in [0.15, 0.2) is 11.5 Å². The Morgan fingerprint density at radius 1 is 0.804 bits per heavy atom. The maximum Gasteiger partial charge on any atom is 0.328 e. The number of carboxylic acid groups (broad SMARTS) is 4. The fraction of sp³-hybridized carbons (Fsp3) is 0.469. The van der Waals surface area contributed by atoms with E-state index in [0.717, 1.165) is 62.8 Å². The summed E-state index contributed by atoms with van der Waals surface area (Å²) in [6.07, 6.45) is 10.2. The van der Waals surface area contributed by atoms with E-state index >= 15 is 0 Å². The zero-order valence-electron chi connectivity index (χ0n) is 26.5. The van der Waals surface area contributed by atoms with Gasteiger partial charge < -0.3 is 40.1 Å². The van der Waals surface area contributed by atoms with Gasteiger partial charge in [-0.15, -0.1) is 0 Å². The van der Waals surface area contributed by atoms with Gasteiger partial charge in [-0.1, -0.05) is 13.0 Å². The van der Waals surface area contributed by atoms with Crippen LogP contribution in [-0.2, 0) is 24.0 Å². The molecular weight excluding hydrogens is 602 g/mol. The summed E-state index contributed by atoms with van der Waals surface area (Å²) in [5.41, 5.74) is 0.922. The first-order valence-corrected chi connectivity index (χ1v) is 14.8. The van der Waals surface area contributed by atoms with Crippen molar-refractivity contribution in [2.24, 2.45) is 5.92 Å². The molecule has 1 saturated carbocycles. The highest BCUT2D eigenvalue weighted by Crippen LogP contribution is 2.28. The molecule has 1 aromatic rings. The lowest BCUT2D eigenvalue weighted by Gasteiger charge is -2.32. The SMILES string of the molecule is COc1cc(C=CC(=O)N[C@H]2CC[C@H](C)CC2)ccc1OCCN1CCN(C)CC1.O=C(O)C=CC(=O)O.O=C(O)C=CC(=O)O. The third-order valence-corrected chi connectivity index (χ3v) is 6.98. The van der Waals surface area contributed by atoms with Gasteiger partial charge in [-0.05, 0) is 62.4 Å². The Labute approximate surface area is 268 Å². The number of likely N-dealkylation sites (N-methyl/N-ethyl adjacent to an activating group) is 1. The lowest BCUT2D eigenvalue weighted by Crippen LogP contribution is -2.45. The van der Waals surface area contributed by atoms with E-state index in [1.54, 1.807) is 13.2 Å². The minimum atomic E-state index is -1.26. The lowest BCUT2D eigenvalue weighted by atomic mass is 9.87. The van der Waals surface area contributed by atoms with Gasteiger partial charge in [-0.3, -0.25) is 9.69 Å². The van der Waals surface area contributed by atoms with Crippen molar-refractivity contribution in [2.45, 2.75) is 38.6 Å². The summed E-state index contributed by atoms with van der Waals surface area (Å²) in [4.78, 5) is 55.2. The van der Waals surface area contributed by atoms with E-state index in [2.05, 4.69) is 29.1 Å². The molecule has 0 unspecified atom stereocenters. The zero-order valence-corrected chi connectivity index (χ0v) is 26.5. The smallest absolute Gasteiger partial charge is 0.328 e. The molecule has 46 heavy (non-hydrogen) atoms. The molecule has 2 fully saturated rings. The normalized spacial score (nSPS) is 18.6. The van der Waals surface area contributed by atoms with Crippen LogP contribution in [0.2, 0.25) is 0 Å². The van der Waals surface area contributed by atoms with E-state index in [-0.39, 0.29) is 5.91 Å². The number of nitrogens with one attached hydrogen (secondary N) is 1. The highest BCUT2D eigenvalue weighted by molar-refractivity contribution is 5.92. The van der Waals surface area contributed by atoms with Gasteiger partial charge >= 0.3 is 23.9 Å². The third kappa shape index (κ3) is 18.9. The molecule has 0 radical (unpaired) electrons. The fourth-order valence-corrected chi connectivity index (χ4v) is 4.37. The predicted octanol–water partition coefficient (Wildman–Crippen LogP) is 2.45. The molecule has 1 aliphatic heterocycles. The van der Waals surface area contributed by atoms with Crippen molar-refractivity contribution in [1.29, 1.82) is 0 Å². The topological polar surface area (TPSA) is 203 Å². The van der Waals surface area contributed by atoms with Gasteiger partial charge in [-0.2, -0.15) is 0 Å². The van der Waals surface area contributed by atoms with Gasteiger partial charge in [0.25, 0.3) is 0 Å². The number of aliphatic carboxylic acids is 4. The Balaban J connectivity index is 0.000000545. The maximum absolute atomic E-state index is 12.2. The van der Waals surface area contributed by atoms with Crippen LogP contribution < -0.4 is 14.8 Å². The van der Waals surface area contributed by atoms with Gasteiger partial charge in [0.1, 0.15) is 6.61 Å². The largest absolute Gasteiger partial charge is 0.493 e. The molecule has 14 heteroatoms. The van der Waals surface area contributed by atoms with Gasteiger partial charge in [0.2, 0.25) is 5.91 Å². The Bertz CT molecular complexity index is 1160. The van der Waals surface area contributed by atoms with Crippen LogP contribution in [0.5, 0.6) is 11.5 Å². The first kappa shape index (κ1) is 39.3. The van der Waals surface area contributed by atoms with Gasteiger partial charge in [-0.25, -0.2) is 19.2 Å². The van der Waals surface area contributed by atoms with Crippen molar-refractivity contribution in [3.05, 3.63) is 54.1 Å². The van der Waals surface area contributed by atoms with Crippen LogP contribution in [0.3, 0.4) is 0 Å². The van der Waals surface area contributed by atoms with Crippen molar-refractivity contribution in [3.8, 4) is 11.5 Å². The highest BCUT2D eigenvalue weighted by Gasteiger charge is 2.19. The van der Waals surface area contributed by atoms with Crippen molar-refractivity contribution in [3.63, 3.8) is 0 Å². The van der Waals surface area contributed by atoms with Crippen LogP contribution in [0, 0.1) is 5.92 Å². The quantitative estimate of drug-likeness (QED) is 0.207. The summed E-state index contributed by atoms with van der Waals surface area (Å²) in [5, 5.41) is 34.4. The molecule has 0 aromatic heterocycles. The van der Waals surface area contributed by atoms with Crippen LogP contribution in [0.4, 0.5) is 0 Å². The van der Waals surface area contributed by atoms with Crippen LogP contribution in [0.1, 0.15) is 38.2 Å². The number of piperazine rings is 1. The molecule has 0 spiro atoms. The summed E-state index contributed by atoms with van der Waals surface area (Å²) >= 11 is 0. The molecule has 0 atom stereocenters. The number of carboxylic acids is 4. The maximum atomic E-state index is 12.2. The summed E-state index contributed by atoms with van der Waals surface area (Å²) < 4.78 is 11.5. The number of rotatable bonds is 12. The summed E-state index contributed by atoms with van der Waals surface area (Å²) in [6.45, 7) is 8.22. The second-order valence-electron chi connectivity index (χ2n) is 10.7. The predicted molar refractivity (Wildman–Crippen MR) is 170 cm³/mol. The van der Waals surface area contributed by atoms with Crippen LogP contribution in [0.25, 0.3) is 6.08 Å². The van der Waals surface area contributed by atoms with Crippen molar-refractivity contribution in [2.75, 3.05) is 53.5 Å². The van der Waals surface area contributed by atoms with E-state index in [1.165, 1.54) is 12.8 Å². The van der Waals surface area contributed by atoms with Crippen molar-refractivity contribution < 1.29 is 53.9 Å². The Hall–Kier alpha value is -4.69. The molecule has 254 valence electrons. The molecule has 1 heterocycles. The number of ether oxygens (including phenoxy) is 2. The highest BCUT2D eigenvalue weighted by atomic mass is 16.5. The van der Waals surface area contributed by atoms with Crippen LogP contribution >= 0.6 is 0 Å². The number of benzene rings is 1. The summed E-state index contributed by atoms with van der Waals surface area (Å²) in [7, 11) is 3.81. The molecule has 1 aliphatic carbocycles. The Morgan fingerprint density at radius 3 is 1.80 bits per heavy atom. The number of hydrogen-bond acceptors (Lipinski definition) is 9. The number of carbonyl (C=O) groups excluding carboxylic acids is 1. The number of carbonyl (C=O) groups is 5. The van der Waals surface area contributed by atoms with Crippen LogP contribution in [-0.4, -0.2) is 120 Å². The van der Waals surface area contributed by atoms with Crippen molar-refractivity contribution in [1.82, 2.24) is 15.1 Å². The van der Waals surface area contributed by atoms with E-state index in [9.17, 15) is 24.0 Å². The minimum absolute atomic E-state index is 0.0268. The number of nitrogens with zero attached hydrogens (tertiary/aromatic N) is 2. The molecule has 1 amide bonds. The number of amides is 1. The molecule has 2 aliphatic rings. The summed E-state index contributed by atoms with van der Waals surface area (Å²) in [6, 6.07) is 6.10. The zero-order chi connectivity index (χ0) is 34.5. The minimum Gasteiger partial charge on any atom is -0.493 e. The molecule has 14 nitrogen and oxygen atoms in total. The third-order valence-electron chi connectivity index (χ3n) is 6.98.